The molecule has 0 spiro atoms. The molecule has 0 aliphatic carbocycles. The second-order valence-corrected chi connectivity index (χ2v) is 3.11. The molecule has 0 rings (SSSR count). The highest BCUT2D eigenvalue weighted by atomic mass is 16.3. The molecular formula is C10H19NO2. The minimum Gasteiger partial charge on any atom is -0.393 e. The molecule has 0 radical (unpaired) electrons. The summed E-state index contributed by atoms with van der Waals surface area (Å²) in [7, 11) is 0. The Morgan fingerprint density at radius 3 is 2.69 bits per heavy atom. The van der Waals surface area contributed by atoms with Crippen LogP contribution in [0.4, 0.5) is 0 Å². The minimum absolute atomic E-state index is 0.0864. The van der Waals surface area contributed by atoms with E-state index in [-0.39, 0.29) is 5.91 Å². The van der Waals surface area contributed by atoms with Crippen molar-refractivity contribution in [3.8, 4) is 0 Å². The molecular weight excluding hydrogens is 166 g/mol. The Balaban J connectivity index is 3.83. The molecule has 0 bridgehead atoms. The van der Waals surface area contributed by atoms with Gasteiger partial charge in [-0.3, -0.25) is 4.79 Å². The van der Waals surface area contributed by atoms with Gasteiger partial charge in [0.1, 0.15) is 0 Å². The van der Waals surface area contributed by atoms with E-state index in [1.165, 1.54) is 0 Å². The standard InChI is InChI=1S/C10H19NO2/c1-4-8-11(5-2)10(13)7-6-9(3)12/h4,9,12H,1,5-8H2,2-3H3. The molecule has 0 aliphatic heterocycles. The van der Waals surface area contributed by atoms with Crippen LogP contribution in [0.2, 0.25) is 0 Å². The smallest absolute Gasteiger partial charge is 0.222 e. The number of nitrogens with zero attached hydrogens (tertiary/aromatic N) is 1. The molecule has 0 aromatic rings. The van der Waals surface area contributed by atoms with E-state index in [4.69, 9.17) is 5.11 Å². The maximum absolute atomic E-state index is 11.4. The van der Waals surface area contributed by atoms with Crippen molar-refractivity contribution in [1.82, 2.24) is 4.90 Å². The summed E-state index contributed by atoms with van der Waals surface area (Å²) in [6, 6.07) is 0. The second kappa shape index (κ2) is 6.66. The van der Waals surface area contributed by atoms with Gasteiger partial charge in [0.15, 0.2) is 0 Å². The van der Waals surface area contributed by atoms with E-state index >= 15 is 0 Å². The zero-order valence-corrected chi connectivity index (χ0v) is 8.49. The molecule has 0 aromatic carbocycles. The number of hydrogen-bond donors (Lipinski definition) is 1. The van der Waals surface area contributed by atoms with E-state index in [1.807, 2.05) is 6.92 Å². The number of carbonyl (C=O) groups is 1. The maximum Gasteiger partial charge on any atom is 0.222 e. The van der Waals surface area contributed by atoms with E-state index in [1.54, 1.807) is 17.9 Å². The summed E-state index contributed by atoms with van der Waals surface area (Å²) in [5.41, 5.74) is 0. The molecule has 1 amide bonds. The Kier molecular flexibility index (Phi) is 6.24. The highest BCUT2D eigenvalue weighted by molar-refractivity contribution is 5.76. The Hall–Kier alpha value is -0.830. The van der Waals surface area contributed by atoms with Crippen LogP contribution in [0.1, 0.15) is 26.7 Å². The number of hydrogen-bond acceptors (Lipinski definition) is 2. The average Bonchev–Trinajstić information content (AvgIpc) is 2.10. The van der Waals surface area contributed by atoms with Crippen LogP contribution in [-0.2, 0) is 4.79 Å². The fraction of sp³-hybridized carbons (Fsp3) is 0.700. The van der Waals surface area contributed by atoms with Gasteiger partial charge in [0, 0.05) is 19.5 Å². The predicted molar refractivity (Wildman–Crippen MR) is 53.4 cm³/mol. The highest BCUT2D eigenvalue weighted by Gasteiger charge is 2.10. The number of amides is 1. The molecule has 0 aliphatic rings. The molecule has 0 saturated heterocycles. The van der Waals surface area contributed by atoms with Crippen molar-refractivity contribution in [2.75, 3.05) is 13.1 Å². The van der Waals surface area contributed by atoms with Crippen LogP contribution in [-0.4, -0.2) is 35.1 Å². The molecule has 0 fully saturated rings. The van der Waals surface area contributed by atoms with Crippen LogP contribution >= 0.6 is 0 Å². The van der Waals surface area contributed by atoms with Crippen molar-refractivity contribution < 1.29 is 9.90 Å². The number of carbonyl (C=O) groups excluding carboxylic acids is 1. The summed E-state index contributed by atoms with van der Waals surface area (Å²) in [6.45, 7) is 8.50. The molecule has 1 unspecified atom stereocenters. The first-order chi connectivity index (χ1) is 6.11. The van der Waals surface area contributed by atoms with Gasteiger partial charge in [-0.05, 0) is 20.3 Å². The summed E-state index contributed by atoms with van der Waals surface area (Å²) < 4.78 is 0. The van der Waals surface area contributed by atoms with E-state index in [2.05, 4.69) is 6.58 Å². The van der Waals surface area contributed by atoms with Gasteiger partial charge < -0.3 is 10.0 Å². The fourth-order valence-corrected chi connectivity index (χ4v) is 1.05. The largest absolute Gasteiger partial charge is 0.393 e. The van der Waals surface area contributed by atoms with Gasteiger partial charge in [-0.1, -0.05) is 6.08 Å². The van der Waals surface area contributed by atoms with Crippen LogP contribution in [0.15, 0.2) is 12.7 Å². The lowest BCUT2D eigenvalue weighted by Gasteiger charge is -2.19. The fourth-order valence-electron chi connectivity index (χ4n) is 1.05. The summed E-state index contributed by atoms with van der Waals surface area (Å²) in [5.74, 6) is 0.0864. The molecule has 0 saturated carbocycles. The van der Waals surface area contributed by atoms with Gasteiger partial charge in [0.25, 0.3) is 0 Å². The lowest BCUT2D eigenvalue weighted by molar-refractivity contribution is -0.131. The number of likely N-dealkylation sites (N-methyl/N-ethyl adjacent to an activating group) is 1. The van der Waals surface area contributed by atoms with Crippen LogP contribution in [0.3, 0.4) is 0 Å². The van der Waals surface area contributed by atoms with Crippen LogP contribution in [0, 0.1) is 0 Å². The zero-order chi connectivity index (χ0) is 10.3. The van der Waals surface area contributed by atoms with Crippen molar-refractivity contribution in [3.63, 3.8) is 0 Å². The number of aliphatic hydroxyl groups is 1. The molecule has 1 atom stereocenters. The molecule has 13 heavy (non-hydrogen) atoms. The first-order valence-corrected chi connectivity index (χ1v) is 4.68. The van der Waals surface area contributed by atoms with Crippen molar-refractivity contribution >= 4 is 5.91 Å². The van der Waals surface area contributed by atoms with E-state index in [0.29, 0.717) is 25.9 Å². The van der Waals surface area contributed by atoms with Gasteiger partial charge >= 0.3 is 0 Å². The van der Waals surface area contributed by atoms with E-state index in [0.717, 1.165) is 0 Å². The topological polar surface area (TPSA) is 40.5 Å². The summed E-state index contributed by atoms with van der Waals surface area (Å²) in [6.07, 6.45) is 2.27. The average molecular weight is 185 g/mol. The van der Waals surface area contributed by atoms with Crippen LogP contribution in [0.5, 0.6) is 0 Å². The molecule has 0 heterocycles. The SMILES string of the molecule is C=CCN(CC)C(=O)CCC(C)O. The third kappa shape index (κ3) is 5.42. The summed E-state index contributed by atoms with van der Waals surface area (Å²) in [4.78, 5) is 13.2. The van der Waals surface area contributed by atoms with Gasteiger partial charge in [0.2, 0.25) is 5.91 Å². The number of rotatable bonds is 6. The minimum atomic E-state index is -0.397. The Bertz CT molecular complexity index is 166. The molecule has 0 aromatic heterocycles. The van der Waals surface area contributed by atoms with Gasteiger partial charge in [0.05, 0.1) is 6.10 Å². The molecule has 3 heteroatoms. The lowest BCUT2D eigenvalue weighted by atomic mass is 10.2. The first kappa shape index (κ1) is 12.2. The summed E-state index contributed by atoms with van der Waals surface area (Å²) in [5, 5.41) is 8.99. The van der Waals surface area contributed by atoms with Crippen molar-refractivity contribution in [2.24, 2.45) is 0 Å². The quantitative estimate of drug-likeness (QED) is 0.631. The van der Waals surface area contributed by atoms with Gasteiger partial charge in [-0.15, -0.1) is 6.58 Å². The van der Waals surface area contributed by atoms with E-state index in [9.17, 15) is 4.79 Å². The predicted octanol–water partition coefficient (Wildman–Crippen LogP) is 1.18. The second-order valence-electron chi connectivity index (χ2n) is 3.11. The normalized spacial score (nSPS) is 12.2. The van der Waals surface area contributed by atoms with Gasteiger partial charge in [-0.25, -0.2) is 0 Å². The zero-order valence-electron chi connectivity index (χ0n) is 8.49. The van der Waals surface area contributed by atoms with E-state index < -0.39 is 6.10 Å². The molecule has 1 N–H and O–H groups in total. The lowest BCUT2D eigenvalue weighted by Crippen LogP contribution is -2.31. The Morgan fingerprint density at radius 2 is 2.31 bits per heavy atom. The van der Waals surface area contributed by atoms with Crippen LogP contribution in [0.25, 0.3) is 0 Å². The number of aliphatic hydroxyl groups excluding tert-OH is 1. The summed E-state index contributed by atoms with van der Waals surface area (Å²) >= 11 is 0. The van der Waals surface area contributed by atoms with Crippen molar-refractivity contribution in [1.29, 1.82) is 0 Å². The Morgan fingerprint density at radius 1 is 1.69 bits per heavy atom. The Labute approximate surface area is 80.0 Å². The van der Waals surface area contributed by atoms with Crippen molar-refractivity contribution in [2.45, 2.75) is 32.8 Å². The molecule has 3 nitrogen and oxygen atoms in total. The van der Waals surface area contributed by atoms with Crippen LogP contribution < -0.4 is 0 Å². The third-order valence-corrected chi connectivity index (χ3v) is 1.86. The third-order valence-electron chi connectivity index (χ3n) is 1.86. The first-order valence-electron chi connectivity index (χ1n) is 4.68. The maximum atomic E-state index is 11.4. The highest BCUT2D eigenvalue weighted by Crippen LogP contribution is 2.01. The van der Waals surface area contributed by atoms with Gasteiger partial charge in [-0.2, -0.15) is 0 Å². The molecule has 76 valence electrons. The van der Waals surface area contributed by atoms with Crippen molar-refractivity contribution in [3.05, 3.63) is 12.7 Å². The monoisotopic (exact) mass is 185 g/mol.